The zero-order valence-corrected chi connectivity index (χ0v) is 12.2. The van der Waals surface area contributed by atoms with Crippen LogP contribution >= 0.6 is 0 Å². The lowest BCUT2D eigenvalue weighted by atomic mass is 10.1. The van der Waals surface area contributed by atoms with Crippen LogP contribution in [0.3, 0.4) is 0 Å². The van der Waals surface area contributed by atoms with Gasteiger partial charge in [-0.2, -0.15) is 9.58 Å². The number of aromatic nitrogens is 2. The summed E-state index contributed by atoms with van der Waals surface area (Å²) < 4.78 is 5.08. The summed E-state index contributed by atoms with van der Waals surface area (Å²) in [6, 6.07) is 7.38. The fraction of sp³-hybridized carbons (Fsp3) is 0.267. The standard InChI is InChI=1S/C15H16N4O3/c1-22-13-4-2-11(3-5-13)6-7-19(12-8-16-17-9-12)10-14(20)18-15(19)21/h2-5,8-9H,6-7,10H2,1H3,(H-,16,17,18,20,21)/p+1. The fourth-order valence-electron chi connectivity index (χ4n) is 2.69. The predicted octanol–water partition coefficient (Wildman–Crippen LogP) is 1.22. The molecule has 1 aromatic carbocycles. The smallest absolute Gasteiger partial charge is 0.429 e. The predicted molar refractivity (Wildman–Crippen MR) is 80.4 cm³/mol. The van der Waals surface area contributed by atoms with Crippen LogP contribution < -0.4 is 14.5 Å². The Morgan fingerprint density at radius 1 is 1.27 bits per heavy atom. The van der Waals surface area contributed by atoms with Crippen molar-refractivity contribution in [2.24, 2.45) is 0 Å². The average molecular weight is 301 g/mol. The van der Waals surface area contributed by atoms with E-state index in [4.69, 9.17) is 4.74 Å². The van der Waals surface area contributed by atoms with Crippen molar-refractivity contribution in [2.75, 3.05) is 20.2 Å². The molecule has 0 saturated carbocycles. The van der Waals surface area contributed by atoms with Crippen LogP contribution in [0.1, 0.15) is 5.56 Å². The van der Waals surface area contributed by atoms with E-state index < -0.39 is 0 Å². The molecule has 0 spiro atoms. The van der Waals surface area contributed by atoms with Gasteiger partial charge < -0.3 is 4.74 Å². The van der Waals surface area contributed by atoms with Gasteiger partial charge in [-0.3, -0.25) is 9.89 Å². The molecule has 2 N–H and O–H groups in total. The highest BCUT2D eigenvalue weighted by atomic mass is 16.5. The quantitative estimate of drug-likeness (QED) is 0.642. The number of methoxy groups -OCH3 is 1. The lowest BCUT2D eigenvalue weighted by molar-refractivity contribution is -0.118. The van der Waals surface area contributed by atoms with Gasteiger partial charge in [0.1, 0.15) is 11.9 Å². The molecule has 2 aromatic rings. The molecule has 3 amide bonds. The van der Waals surface area contributed by atoms with Gasteiger partial charge in [-0.15, -0.1) is 0 Å². The molecular formula is C15H17N4O3+. The summed E-state index contributed by atoms with van der Waals surface area (Å²) in [4.78, 5) is 24.0. The molecule has 114 valence electrons. The summed E-state index contributed by atoms with van der Waals surface area (Å²) in [5.74, 6) is 0.525. The number of H-pyrrole nitrogens is 1. The zero-order chi connectivity index (χ0) is 15.6. The van der Waals surface area contributed by atoms with Crippen molar-refractivity contribution < 1.29 is 14.3 Å². The third-order valence-electron chi connectivity index (χ3n) is 3.97. The maximum atomic E-state index is 12.3. The number of amides is 3. The van der Waals surface area contributed by atoms with E-state index in [0.717, 1.165) is 11.3 Å². The number of aromatic amines is 1. The molecule has 0 radical (unpaired) electrons. The summed E-state index contributed by atoms with van der Waals surface area (Å²) in [6.45, 7) is 0.595. The van der Waals surface area contributed by atoms with Crippen molar-refractivity contribution in [1.82, 2.24) is 20.0 Å². The topological polar surface area (TPSA) is 84.1 Å². The van der Waals surface area contributed by atoms with E-state index in [-0.39, 0.29) is 23.0 Å². The molecule has 2 heterocycles. The van der Waals surface area contributed by atoms with Crippen molar-refractivity contribution in [2.45, 2.75) is 6.42 Å². The molecule has 1 unspecified atom stereocenters. The number of hydrogen-bond donors (Lipinski definition) is 2. The first-order valence-corrected chi connectivity index (χ1v) is 6.98. The van der Waals surface area contributed by atoms with E-state index in [1.807, 2.05) is 24.3 Å². The third kappa shape index (κ3) is 2.46. The maximum absolute atomic E-state index is 12.3. The molecule has 0 bridgehead atoms. The molecule has 1 fully saturated rings. The highest BCUT2D eigenvalue weighted by Crippen LogP contribution is 2.26. The molecule has 1 aliphatic heterocycles. The summed E-state index contributed by atoms with van der Waals surface area (Å²) in [5.41, 5.74) is 1.77. The monoisotopic (exact) mass is 301 g/mol. The molecule has 7 heteroatoms. The Balaban J connectivity index is 1.82. The van der Waals surface area contributed by atoms with Gasteiger partial charge in [-0.1, -0.05) is 12.1 Å². The van der Waals surface area contributed by atoms with Crippen LogP contribution in [0.5, 0.6) is 5.75 Å². The summed E-state index contributed by atoms with van der Waals surface area (Å²) in [5, 5.41) is 8.99. The molecule has 3 rings (SSSR count). The first-order chi connectivity index (χ1) is 10.6. The number of hydrogen-bond acceptors (Lipinski definition) is 4. The molecule has 1 aromatic heterocycles. The van der Waals surface area contributed by atoms with Crippen molar-refractivity contribution in [1.29, 1.82) is 0 Å². The van der Waals surface area contributed by atoms with Gasteiger partial charge in [0.2, 0.25) is 0 Å². The van der Waals surface area contributed by atoms with E-state index in [1.54, 1.807) is 19.5 Å². The number of rotatable bonds is 5. The first-order valence-electron chi connectivity index (χ1n) is 6.98. The number of urea groups is 1. The normalized spacial score (nSPS) is 21.0. The Morgan fingerprint density at radius 2 is 2.05 bits per heavy atom. The maximum Gasteiger partial charge on any atom is 0.429 e. The molecule has 0 aliphatic carbocycles. The number of carbonyl (C=O) groups is 2. The summed E-state index contributed by atoms with van der Waals surface area (Å²) >= 11 is 0. The number of imide groups is 1. The van der Waals surface area contributed by atoms with Crippen LogP contribution in [-0.2, 0) is 11.2 Å². The van der Waals surface area contributed by atoms with Gasteiger partial charge in [0.25, 0.3) is 5.91 Å². The number of nitrogens with one attached hydrogen (secondary N) is 2. The van der Waals surface area contributed by atoms with Crippen molar-refractivity contribution in [3.05, 3.63) is 42.2 Å². The van der Waals surface area contributed by atoms with Gasteiger partial charge in [-0.05, 0) is 17.7 Å². The second-order valence-electron chi connectivity index (χ2n) is 5.26. The van der Waals surface area contributed by atoms with Crippen LogP contribution in [-0.4, -0.2) is 42.3 Å². The van der Waals surface area contributed by atoms with Gasteiger partial charge in [0, 0.05) is 6.42 Å². The number of quaternary nitrogens is 1. The highest BCUT2D eigenvalue weighted by Gasteiger charge is 2.48. The largest absolute Gasteiger partial charge is 0.497 e. The second-order valence-corrected chi connectivity index (χ2v) is 5.26. The molecule has 7 nitrogen and oxygen atoms in total. The van der Waals surface area contributed by atoms with E-state index in [2.05, 4.69) is 15.5 Å². The van der Waals surface area contributed by atoms with Gasteiger partial charge in [0.05, 0.1) is 19.9 Å². The Morgan fingerprint density at radius 3 is 2.59 bits per heavy atom. The van der Waals surface area contributed by atoms with Crippen LogP contribution in [0, 0.1) is 0 Å². The Labute approximate surface area is 127 Å². The Kier molecular flexibility index (Phi) is 3.64. The highest BCUT2D eigenvalue weighted by molar-refractivity contribution is 6.08. The SMILES string of the molecule is COc1ccc(CC[N+]2(c3cn[nH]c3)CC(=O)NC2=O)cc1. The fourth-order valence-corrected chi connectivity index (χ4v) is 2.69. The first kappa shape index (κ1) is 14.3. The lowest BCUT2D eigenvalue weighted by Gasteiger charge is -2.26. The minimum absolute atomic E-state index is 0.0542. The van der Waals surface area contributed by atoms with Gasteiger partial charge in [-0.25, -0.2) is 10.1 Å². The van der Waals surface area contributed by atoms with Crippen LogP contribution in [0.2, 0.25) is 0 Å². The van der Waals surface area contributed by atoms with Crippen molar-refractivity contribution >= 4 is 17.6 Å². The van der Waals surface area contributed by atoms with Crippen molar-refractivity contribution in [3.8, 4) is 5.75 Å². The number of benzene rings is 1. The molecule has 22 heavy (non-hydrogen) atoms. The molecule has 1 saturated heterocycles. The van der Waals surface area contributed by atoms with E-state index >= 15 is 0 Å². The van der Waals surface area contributed by atoms with Crippen LogP contribution in [0.15, 0.2) is 36.7 Å². The number of nitrogens with zero attached hydrogens (tertiary/aromatic N) is 2. The third-order valence-corrected chi connectivity index (χ3v) is 3.97. The minimum Gasteiger partial charge on any atom is -0.497 e. The summed E-state index contributed by atoms with van der Waals surface area (Å²) in [7, 11) is 1.62. The number of carbonyl (C=O) groups excluding carboxylic acids is 2. The van der Waals surface area contributed by atoms with Crippen LogP contribution in [0.25, 0.3) is 0 Å². The lowest BCUT2D eigenvalue weighted by Crippen LogP contribution is -2.53. The van der Waals surface area contributed by atoms with E-state index in [0.29, 0.717) is 18.7 Å². The molecular weight excluding hydrogens is 284 g/mol. The van der Waals surface area contributed by atoms with Crippen molar-refractivity contribution in [3.63, 3.8) is 0 Å². The van der Waals surface area contributed by atoms with Crippen LogP contribution in [0.4, 0.5) is 10.5 Å². The van der Waals surface area contributed by atoms with E-state index in [9.17, 15) is 9.59 Å². The Bertz CT molecular complexity index is 681. The number of ether oxygens (including phenoxy) is 1. The molecule has 1 aliphatic rings. The zero-order valence-electron chi connectivity index (χ0n) is 12.2. The van der Waals surface area contributed by atoms with Gasteiger partial charge >= 0.3 is 6.03 Å². The average Bonchev–Trinajstić information content (AvgIpc) is 3.14. The minimum atomic E-state index is -0.306. The second kappa shape index (κ2) is 5.61. The van der Waals surface area contributed by atoms with Gasteiger partial charge in [0.15, 0.2) is 12.2 Å². The van der Waals surface area contributed by atoms with E-state index in [1.165, 1.54) is 0 Å². The molecule has 1 atom stereocenters. The summed E-state index contributed by atoms with van der Waals surface area (Å²) in [6.07, 6.45) is 3.91. The Hall–Kier alpha value is -2.67.